The summed E-state index contributed by atoms with van der Waals surface area (Å²) >= 11 is 0. The Morgan fingerprint density at radius 1 is 0.391 bits per heavy atom. The highest BCUT2D eigenvalue weighted by molar-refractivity contribution is 6.00. The second-order valence-corrected chi connectivity index (χ2v) is 13.0. The van der Waals surface area contributed by atoms with Crippen LogP contribution in [0.15, 0.2) is 36.4 Å². The largest absolute Gasteiger partial charge is 0.492 e. The lowest BCUT2D eigenvalue weighted by molar-refractivity contribution is 0.291. The Kier molecular flexibility index (Phi) is 12.1. The lowest BCUT2D eigenvalue weighted by Crippen LogP contribution is -2.11. The summed E-state index contributed by atoms with van der Waals surface area (Å²) in [5, 5.41) is 9.07. The summed E-state index contributed by atoms with van der Waals surface area (Å²) in [6.45, 7) is 16.1. The second-order valence-electron chi connectivity index (χ2n) is 13.0. The molecule has 0 atom stereocenters. The molecule has 1 aliphatic rings. The molecule has 4 aromatic carbocycles. The maximum absolute atomic E-state index is 6.86. The monoisotopic (exact) mass is 624 g/mol. The zero-order chi connectivity index (χ0) is 32.5. The molecule has 46 heavy (non-hydrogen) atoms. The summed E-state index contributed by atoms with van der Waals surface area (Å²) in [5.74, 6) is 3.85. The van der Waals surface area contributed by atoms with Gasteiger partial charge < -0.3 is 18.9 Å². The van der Waals surface area contributed by atoms with E-state index in [0.717, 1.165) is 142 Å². The molecule has 0 heterocycles. The molecule has 4 nitrogen and oxygen atoms in total. The molecule has 0 N–H and O–H groups in total. The molecule has 0 aliphatic heterocycles. The number of fused-ring (bicyclic) bond motifs is 4. The Hall–Kier alpha value is -3.40. The van der Waals surface area contributed by atoms with Gasteiger partial charge in [-0.15, -0.1) is 0 Å². The first-order valence-corrected chi connectivity index (χ1v) is 18.3. The van der Waals surface area contributed by atoms with Gasteiger partial charge in [0.1, 0.15) is 23.0 Å². The predicted molar refractivity (Wildman–Crippen MR) is 193 cm³/mol. The van der Waals surface area contributed by atoms with E-state index in [1.807, 2.05) is 0 Å². The van der Waals surface area contributed by atoms with Crippen molar-refractivity contribution in [2.45, 2.75) is 119 Å². The summed E-state index contributed by atoms with van der Waals surface area (Å²) in [7, 11) is 0. The maximum Gasteiger partial charge on any atom is 0.136 e. The van der Waals surface area contributed by atoms with Crippen LogP contribution in [0.1, 0.15) is 116 Å². The average molecular weight is 625 g/mol. The van der Waals surface area contributed by atoms with Crippen LogP contribution in [0.5, 0.6) is 23.0 Å². The van der Waals surface area contributed by atoms with Gasteiger partial charge in [0.15, 0.2) is 0 Å². The molecule has 0 radical (unpaired) electrons. The topological polar surface area (TPSA) is 36.9 Å². The quantitative estimate of drug-likeness (QED) is 0.0807. The van der Waals surface area contributed by atoms with Crippen LogP contribution < -0.4 is 18.9 Å². The summed E-state index contributed by atoms with van der Waals surface area (Å²) < 4.78 is 27.4. The van der Waals surface area contributed by atoms with Gasteiger partial charge in [-0.3, -0.25) is 0 Å². The summed E-state index contributed by atoms with van der Waals surface area (Å²) in [6.07, 6.45) is 13.4. The molecule has 4 heteroatoms. The van der Waals surface area contributed by atoms with Gasteiger partial charge in [-0.05, 0) is 50.7 Å². The van der Waals surface area contributed by atoms with Crippen molar-refractivity contribution in [1.29, 1.82) is 0 Å². The molecule has 1 aliphatic carbocycles. The Morgan fingerprint density at radius 3 is 1.02 bits per heavy atom. The van der Waals surface area contributed by atoms with Crippen LogP contribution in [0.25, 0.3) is 21.5 Å². The van der Waals surface area contributed by atoms with Crippen LogP contribution in [0.4, 0.5) is 0 Å². The van der Waals surface area contributed by atoms with E-state index in [-0.39, 0.29) is 0 Å². The smallest absolute Gasteiger partial charge is 0.136 e. The lowest BCUT2D eigenvalue weighted by Gasteiger charge is -2.25. The average Bonchev–Trinajstić information content (AvgIpc) is 3.05. The number of ether oxygens (including phenoxy) is 4. The first kappa shape index (κ1) is 33.9. The highest BCUT2D eigenvalue weighted by Crippen LogP contribution is 2.48. The van der Waals surface area contributed by atoms with Crippen LogP contribution in [0.2, 0.25) is 0 Å². The van der Waals surface area contributed by atoms with Gasteiger partial charge in [0, 0.05) is 42.4 Å². The zero-order valence-electron chi connectivity index (χ0n) is 29.4. The third kappa shape index (κ3) is 6.82. The van der Waals surface area contributed by atoms with Crippen molar-refractivity contribution in [2.75, 3.05) is 26.4 Å². The molecule has 0 aromatic heterocycles. The standard InChI is InChI=1S/C42H56O4/c1-7-11-15-25-43-39-31-23-19-21-29(5)33(31)41(45-27-17-13-9-3)37-35(39)36-38(37)42(46-28-18-14-10-4)34-30(6)22-20-24-32(34)40(36)44-26-16-12-8-2/h19-24H,7-18,25-28H2,1-6H3. The van der Waals surface area contributed by atoms with Gasteiger partial charge >= 0.3 is 0 Å². The molecule has 5 rings (SSSR count). The van der Waals surface area contributed by atoms with Crippen molar-refractivity contribution < 1.29 is 18.9 Å². The van der Waals surface area contributed by atoms with Crippen molar-refractivity contribution in [3.8, 4) is 23.0 Å². The Bertz CT molecular complexity index is 1690. The molecular weight excluding hydrogens is 568 g/mol. The molecule has 0 spiro atoms. The van der Waals surface area contributed by atoms with Gasteiger partial charge in [-0.25, -0.2) is 0 Å². The SMILES string of the molecule is CCCCCOc1c2c(c(OCCCCC)c3c(C)cccc13)=c1c(OCCCCC)c3c(C)cccc3c(OCCCCC)c1=2. The van der Waals surface area contributed by atoms with E-state index in [0.29, 0.717) is 26.4 Å². The Morgan fingerprint density at radius 2 is 0.696 bits per heavy atom. The summed E-state index contributed by atoms with van der Waals surface area (Å²) in [5.41, 5.74) is 2.41. The fourth-order valence-electron chi connectivity index (χ4n) is 6.88. The third-order valence-electron chi connectivity index (χ3n) is 9.37. The second kappa shape index (κ2) is 16.4. The van der Waals surface area contributed by atoms with Crippen molar-refractivity contribution in [3.05, 3.63) is 68.4 Å². The van der Waals surface area contributed by atoms with E-state index in [1.165, 1.54) is 11.1 Å². The van der Waals surface area contributed by atoms with Crippen molar-refractivity contribution >= 4 is 21.5 Å². The minimum absolute atomic E-state index is 0.690. The molecule has 0 fully saturated rings. The highest BCUT2D eigenvalue weighted by atomic mass is 16.5. The van der Waals surface area contributed by atoms with E-state index in [4.69, 9.17) is 18.9 Å². The maximum atomic E-state index is 6.86. The van der Waals surface area contributed by atoms with E-state index in [1.54, 1.807) is 0 Å². The number of rotatable bonds is 20. The fraction of sp³-hybridized carbons (Fsp3) is 0.524. The van der Waals surface area contributed by atoms with Crippen LogP contribution in [0, 0.1) is 34.7 Å². The van der Waals surface area contributed by atoms with Crippen molar-refractivity contribution in [1.82, 2.24) is 0 Å². The first-order chi connectivity index (χ1) is 22.6. The van der Waals surface area contributed by atoms with Crippen molar-refractivity contribution in [3.63, 3.8) is 0 Å². The van der Waals surface area contributed by atoms with Crippen LogP contribution >= 0.6 is 0 Å². The molecular formula is C42H56O4. The molecule has 0 saturated carbocycles. The van der Waals surface area contributed by atoms with Crippen molar-refractivity contribution in [2.24, 2.45) is 0 Å². The van der Waals surface area contributed by atoms with Gasteiger partial charge in [-0.2, -0.15) is 0 Å². The lowest BCUT2D eigenvalue weighted by atomic mass is 9.89. The van der Waals surface area contributed by atoms with E-state index >= 15 is 0 Å². The zero-order valence-corrected chi connectivity index (χ0v) is 29.4. The molecule has 0 saturated heterocycles. The molecule has 0 unspecified atom stereocenters. The highest BCUT2D eigenvalue weighted by Gasteiger charge is 2.28. The molecule has 0 amide bonds. The summed E-state index contributed by atoms with van der Waals surface area (Å²) in [4.78, 5) is 0. The molecule has 0 bridgehead atoms. The van der Waals surface area contributed by atoms with Gasteiger partial charge in [0.2, 0.25) is 0 Å². The minimum Gasteiger partial charge on any atom is -0.492 e. The molecule has 4 aromatic rings. The fourth-order valence-corrected chi connectivity index (χ4v) is 6.88. The molecule has 248 valence electrons. The Labute approximate surface area is 276 Å². The number of hydrogen-bond acceptors (Lipinski definition) is 4. The summed E-state index contributed by atoms with van der Waals surface area (Å²) in [6, 6.07) is 13.1. The number of unbranched alkanes of at least 4 members (excludes halogenated alkanes) is 8. The van der Waals surface area contributed by atoms with Crippen LogP contribution in [-0.2, 0) is 0 Å². The van der Waals surface area contributed by atoms with Crippen LogP contribution in [-0.4, -0.2) is 26.4 Å². The number of aryl methyl sites for hydroxylation is 2. The van der Waals surface area contributed by atoms with Gasteiger partial charge in [0.25, 0.3) is 0 Å². The van der Waals surface area contributed by atoms with E-state index < -0.39 is 0 Å². The normalized spacial score (nSPS) is 11.8. The number of benzene rings is 4. The van der Waals surface area contributed by atoms with Gasteiger partial charge in [0.05, 0.1) is 26.4 Å². The first-order valence-electron chi connectivity index (χ1n) is 18.3. The predicted octanol–water partition coefficient (Wildman–Crippen LogP) is 11.8. The minimum atomic E-state index is 0.690. The number of hydrogen-bond donors (Lipinski definition) is 0. The van der Waals surface area contributed by atoms with Crippen LogP contribution in [0.3, 0.4) is 0 Å². The Balaban J connectivity index is 1.91. The van der Waals surface area contributed by atoms with Gasteiger partial charge in [-0.1, -0.05) is 115 Å². The third-order valence-corrected chi connectivity index (χ3v) is 9.37. The van der Waals surface area contributed by atoms with E-state index in [2.05, 4.69) is 77.9 Å². The van der Waals surface area contributed by atoms with E-state index in [9.17, 15) is 0 Å².